The molecule has 2 rings (SSSR count). The Kier molecular flexibility index (Phi) is 9.21. The van der Waals surface area contributed by atoms with Gasteiger partial charge in [-0.25, -0.2) is 0 Å². The molecule has 0 aliphatic carbocycles. The normalized spacial score (nSPS) is 10.4. The van der Waals surface area contributed by atoms with Crippen molar-refractivity contribution >= 4 is 57.2 Å². The van der Waals surface area contributed by atoms with Crippen molar-refractivity contribution in [2.75, 3.05) is 0 Å². The Bertz CT molecular complexity index is 845. The summed E-state index contributed by atoms with van der Waals surface area (Å²) in [5, 5.41) is 19.4. The molecule has 2 aromatic rings. The number of allylic oxidation sites excluding steroid dienone is 2. The Morgan fingerprint density at radius 1 is 0.679 bits per heavy atom. The van der Waals surface area contributed by atoms with Crippen LogP contribution in [-0.2, 0) is 9.59 Å². The number of nitro benzene ring substituents is 2. The van der Waals surface area contributed by atoms with Crippen LogP contribution in [0.1, 0.15) is 11.1 Å². The summed E-state index contributed by atoms with van der Waals surface area (Å²) in [6, 6.07) is 11.6. The van der Waals surface area contributed by atoms with Crippen molar-refractivity contribution in [3.63, 3.8) is 0 Å². The molecule has 10 heteroatoms. The molecule has 0 bridgehead atoms. The number of benzene rings is 2. The summed E-state index contributed by atoms with van der Waals surface area (Å²) in [4.78, 5) is 40.3. The molecule has 0 saturated heterocycles. The fourth-order valence-corrected chi connectivity index (χ4v) is 1.86. The van der Waals surface area contributed by atoms with E-state index >= 15 is 0 Å². The second kappa shape index (κ2) is 11.4. The van der Waals surface area contributed by atoms with Gasteiger partial charge in [0.1, 0.15) is 0 Å². The maximum atomic E-state index is 10.4. The van der Waals surface area contributed by atoms with Gasteiger partial charge in [0, 0.05) is 24.3 Å². The minimum Gasteiger partial charge on any atom is -0.276 e. The quantitative estimate of drug-likeness (QED) is 0.286. The van der Waals surface area contributed by atoms with E-state index in [1.54, 1.807) is 0 Å². The molecule has 2 aromatic carbocycles. The van der Waals surface area contributed by atoms with Crippen LogP contribution < -0.4 is 0 Å². The predicted octanol–water partition coefficient (Wildman–Crippen LogP) is 4.75. The van der Waals surface area contributed by atoms with Gasteiger partial charge in [0.25, 0.3) is 11.4 Å². The van der Waals surface area contributed by atoms with Crippen molar-refractivity contribution in [1.82, 2.24) is 0 Å². The fraction of sp³-hybridized carbons (Fsp3) is 0. The molecule has 0 unspecified atom stereocenters. The van der Waals surface area contributed by atoms with E-state index in [4.69, 9.17) is 23.2 Å². The molecular weight excluding hydrogens is 411 g/mol. The minimum absolute atomic E-state index is 0.0133. The molecule has 0 atom stereocenters. The maximum Gasteiger partial charge on any atom is 0.269 e. The molecule has 144 valence electrons. The van der Waals surface area contributed by atoms with Crippen LogP contribution in [0.3, 0.4) is 0 Å². The van der Waals surface area contributed by atoms with Crippen LogP contribution in [0.15, 0.2) is 60.7 Å². The fourth-order valence-electron chi connectivity index (χ4n) is 1.74. The molecule has 0 N–H and O–H groups in total. The van der Waals surface area contributed by atoms with E-state index in [0.29, 0.717) is 11.1 Å². The zero-order valence-electron chi connectivity index (χ0n) is 14.0. The number of hydrogen-bond acceptors (Lipinski definition) is 6. The highest BCUT2D eigenvalue weighted by molar-refractivity contribution is 6.67. The third kappa shape index (κ3) is 8.84. The molecule has 0 aliphatic rings. The van der Waals surface area contributed by atoms with E-state index in [2.05, 4.69) is 0 Å². The third-order valence-corrected chi connectivity index (χ3v) is 3.27. The van der Waals surface area contributed by atoms with E-state index < -0.39 is 20.3 Å². The second-order valence-corrected chi connectivity index (χ2v) is 5.72. The molecule has 0 heterocycles. The first-order chi connectivity index (χ1) is 13.2. The average molecular weight is 423 g/mol. The number of halogens is 2. The van der Waals surface area contributed by atoms with Gasteiger partial charge in [0.15, 0.2) is 0 Å². The van der Waals surface area contributed by atoms with Crippen molar-refractivity contribution in [3.05, 3.63) is 92.0 Å². The van der Waals surface area contributed by atoms with Crippen LogP contribution in [0.4, 0.5) is 11.4 Å². The van der Waals surface area contributed by atoms with E-state index in [1.807, 2.05) is 0 Å². The summed E-state index contributed by atoms with van der Waals surface area (Å²) >= 11 is 10.2. The Morgan fingerprint density at radius 2 is 0.964 bits per heavy atom. The van der Waals surface area contributed by atoms with E-state index in [1.165, 1.54) is 72.8 Å². The summed E-state index contributed by atoms with van der Waals surface area (Å²) in [6.07, 6.45) is 5.34. The number of hydrogen-bond donors (Lipinski definition) is 0. The van der Waals surface area contributed by atoms with Gasteiger partial charge in [-0.3, -0.25) is 29.8 Å². The Morgan fingerprint density at radius 3 is 1.18 bits per heavy atom. The van der Waals surface area contributed by atoms with Gasteiger partial charge in [0.05, 0.1) is 9.85 Å². The molecule has 0 amide bonds. The van der Waals surface area contributed by atoms with Crippen LogP contribution >= 0.6 is 23.2 Å². The lowest BCUT2D eigenvalue weighted by molar-refractivity contribution is -0.385. The summed E-state index contributed by atoms with van der Waals surface area (Å²) in [5.41, 5.74) is 1.40. The number of nitrogens with zero attached hydrogens (tertiary/aromatic N) is 2. The average Bonchev–Trinajstić information content (AvgIpc) is 2.65. The van der Waals surface area contributed by atoms with Crippen LogP contribution in [0.5, 0.6) is 0 Å². The van der Waals surface area contributed by atoms with Crippen molar-refractivity contribution < 1.29 is 19.4 Å². The smallest absolute Gasteiger partial charge is 0.269 e. The zero-order chi connectivity index (χ0) is 21.1. The van der Waals surface area contributed by atoms with E-state index in [9.17, 15) is 29.8 Å². The number of non-ortho nitro benzene ring substituents is 2. The first-order valence-corrected chi connectivity index (χ1v) is 8.18. The lowest BCUT2D eigenvalue weighted by Crippen LogP contribution is -1.86. The lowest BCUT2D eigenvalue weighted by Gasteiger charge is -1.92. The minimum atomic E-state index is -0.580. The number of carbonyl (C=O) groups excluding carboxylic acids is 2. The summed E-state index contributed by atoms with van der Waals surface area (Å²) < 4.78 is 0. The SMILES string of the molecule is O=C(Cl)/C=C/c1ccc([N+](=O)[O-])cc1.O=C(Cl)/C=C\c1ccc([N+](=O)[O-])cc1. The highest BCUT2D eigenvalue weighted by atomic mass is 35.5. The topological polar surface area (TPSA) is 120 Å². The number of nitro groups is 2. The Balaban J connectivity index is 0.000000280. The molecule has 28 heavy (non-hydrogen) atoms. The van der Waals surface area contributed by atoms with Crippen molar-refractivity contribution in [3.8, 4) is 0 Å². The van der Waals surface area contributed by atoms with Gasteiger partial charge in [-0.05, 0) is 70.7 Å². The summed E-state index contributed by atoms with van der Waals surface area (Å²) in [6.45, 7) is 0. The molecule has 0 saturated carbocycles. The maximum absolute atomic E-state index is 10.4. The van der Waals surface area contributed by atoms with Crippen molar-refractivity contribution in [2.24, 2.45) is 0 Å². The number of carbonyl (C=O) groups is 2. The molecule has 0 radical (unpaired) electrons. The Hall–Kier alpha value is -3.36. The van der Waals surface area contributed by atoms with Gasteiger partial charge >= 0.3 is 0 Å². The highest BCUT2D eigenvalue weighted by Gasteiger charge is 2.03. The standard InChI is InChI=1S/2C9H6ClNO3/c2*10-9(12)6-3-7-1-4-8(5-2-7)11(13)14/h2*1-6H/b6-3+;6-3-. The Labute approximate surface area is 169 Å². The zero-order valence-corrected chi connectivity index (χ0v) is 15.5. The van der Waals surface area contributed by atoms with Gasteiger partial charge in [-0.2, -0.15) is 0 Å². The predicted molar refractivity (Wildman–Crippen MR) is 106 cm³/mol. The largest absolute Gasteiger partial charge is 0.276 e. The first kappa shape index (κ1) is 22.7. The van der Waals surface area contributed by atoms with Crippen molar-refractivity contribution in [2.45, 2.75) is 0 Å². The molecule has 0 fully saturated rings. The second-order valence-electron chi connectivity index (χ2n) is 4.97. The third-order valence-electron chi connectivity index (χ3n) is 3.02. The molecule has 0 aliphatic heterocycles. The number of rotatable bonds is 6. The van der Waals surface area contributed by atoms with E-state index in [0.717, 1.165) is 0 Å². The van der Waals surface area contributed by atoms with Gasteiger partial charge < -0.3 is 0 Å². The van der Waals surface area contributed by atoms with Crippen LogP contribution in [0.2, 0.25) is 0 Å². The van der Waals surface area contributed by atoms with Gasteiger partial charge in [0.2, 0.25) is 10.5 Å². The molecule has 0 aromatic heterocycles. The van der Waals surface area contributed by atoms with Gasteiger partial charge in [-0.1, -0.05) is 12.2 Å². The van der Waals surface area contributed by atoms with Gasteiger partial charge in [-0.15, -0.1) is 0 Å². The van der Waals surface area contributed by atoms with Crippen LogP contribution in [0, 0.1) is 20.2 Å². The molecule has 0 spiro atoms. The summed E-state index contributed by atoms with van der Waals surface area (Å²) in [5.74, 6) is 0. The van der Waals surface area contributed by atoms with Crippen molar-refractivity contribution in [1.29, 1.82) is 0 Å². The van der Waals surface area contributed by atoms with E-state index in [-0.39, 0.29) is 11.4 Å². The van der Waals surface area contributed by atoms with Crippen LogP contribution in [-0.4, -0.2) is 20.3 Å². The molecule has 8 nitrogen and oxygen atoms in total. The highest BCUT2D eigenvalue weighted by Crippen LogP contribution is 2.13. The monoisotopic (exact) mass is 422 g/mol. The molecular formula is C18H12Cl2N2O6. The summed E-state index contributed by atoms with van der Waals surface area (Å²) in [7, 11) is 0. The lowest BCUT2D eigenvalue weighted by atomic mass is 10.2. The van der Waals surface area contributed by atoms with Crippen LogP contribution in [0.25, 0.3) is 12.2 Å². The first-order valence-electron chi connectivity index (χ1n) is 7.43.